The van der Waals surface area contributed by atoms with Gasteiger partial charge in [-0.05, 0) is 25.0 Å². The van der Waals surface area contributed by atoms with Crippen LogP contribution in [0.1, 0.15) is 24.5 Å². The lowest BCUT2D eigenvalue weighted by Gasteiger charge is -2.04. The molecule has 0 aliphatic carbocycles. The highest BCUT2D eigenvalue weighted by Crippen LogP contribution is 2.24. The van der Waals surface area contributed by atoms with Crippen LogP contribution in [0.3, 0.4) is 0 Å². The number of nitrogens with zero attached hydrogens (tertiary/aromatic N) is 3. The summed E-state index contributed by atoms with van der Waals surface area (Å²) in [7, 11) is 0. The van der Waals surface area contributed by atoms with Gasteiger partial charge in [0.2, 0.25) is 0 Å². The van der Waals surface area contributed by atoms with Crippen LogP contribution < -0.4 is 5.32 Å². The molecule has 0 unspecified atom stereocenters. The summed E-state index contributed by atoms with van der Waals surface area (Å²) in [5, 5.41) is 17.1. The van der Waals surface area contributed by atoms with Crippen LogP contribution in [-0.2, 0) is 16.1 Å². The van der Waals surface area contributed by atoms with E-state index in [0.29, 0.717) is 32.7 Å². The number of ether oxygens (including phenoxy) is 1. The average Bonchev–Trinajstić information content (AvgIpc) is 3.20. The highest BCUT2D eigenvalue weighted by molar-refractivity contribution is 6.02. The van der Waals surface area contributed by atoms with Crippen molar-refractivity contribution >= 4 is 12.0 Å². The van der Waals surface area contributed by atoms with Gasteiger partial charge >= 0.3 is 0 Å². The van der Waals surface area contributed by atoms with Crippen molar-refractivity contribution in [3.05, 3.63) is 83.6 Å². The van der Waals surface area contributed by atoms with E-state index in [-0.39, 0.29) is 5.57 Å². The molecule has 3 rings (SSSR count). The first-order chi connectivity index (χ1) is 15.2. The Morgan fingerprint density at radius 1 is 1.16 bits per heavy atom. The number of carbonyl (C=O) groups excluding carboxylic acids is 1. The molecule has 158 valence electrons. The van der Waals surface area contributed by atoms with Crippen LogP contribution >= 0.6 is 0 Å². The van der Waals surface area contributed by atoms with Crippen LogP contribution in [0.4, 0.5) is 0 Å². The highest BCUT2D eigenvalue weighted by atomic mass is 16.5. The molecular formula is C25H26N4O2. The van der Waals surface area contributed by atoms with Gasteiger partial charge in [-0.1, -0.05) is 60.7 Å². The molecule has 0 aliphatic heterocycles. The Kier molecular flexibility index (Phi) is 8.15. The van der Waals surface area contributed by atoms with E-state index in [0.717, 1.165) is 22.4 Å². The molecule has 0 saturated carbocycles. The number of benzene rings is 2. The highest BCUT2D eigenvalue weighted by Gasteiger charge is 2.14. The Labute approximate surface area is 182 Å². The smallest absolute Gasteiger partial charge is 0.261 e. The standard InChI is InChI=1S/C25H26N4O2/c1-2-31-15-9-14-27-25(30)22(17-26)16-23-19-29(18-20-10-5-3-6-11-20)28-24(23)21-12-7-4-8-13-21/h3-8,10-13,16,19H,2,9,14-15,18H2,1H3,(H,27,30)/b22-16+. The summed E-state index contributed by atoms with van der Waals surface area (Å²) < 4.78 is 7.10. The van der Waals surface area contributed by atoms with Gasteiger partial charge in [0.05, 0.1) is 12.2 Å². The van der Waals surface area contributed by atoms with Gasteiger partial charge < -0.3 is 10.1 Å². The summed E-state index contributed by atoms with van der Waals surface area (Å²) in [6.07, 6.45) is 4.17. The number of nitrogens with one attached hydrogen (secondary N) is 1. The Morgan fingerprint density at radius 2 is 1.87 bits per heavy atom. The molecule has 0 aliphatic rings. The Bertz CT molecular complexity index is 1050. The van der Waals surface area contributed by atoms with Gasteiger partial charge in [-0.25, -0.2) is 0 Å². The number of hydrogen-bond acceptors (Lipinski definition) is 4. The van der Waals surface area contributed by atoms with Gasteiger partial charge in [0.25, 0.3) is 5.91 Å². The zero-order valence-electron chi connectivity index (χ0n) is 17.6. The largest absolute Gasteiger partial charge is 0.382 e. The molecule has 0 atom stereocenters. The van der Waals surface area contributed by atoms with Gasteiger partial charge in [0, 0.05) is 37.1 Å². The molecule has 6 nitrogen and oxygen atoms in total. The number of amides is 1. The topological polar surface area (TPSA) is 79.9 Å². The predicted octanol–water partition coefficient (Wildman–Crippen LogP) is 4.05. The number of nitriles is 1. The summed E-state index contributed by atoms with van der Waals surface area (Å²) >= 11 is 0. The molecule has 1 aromatic heterocycles. The number of aromatic nitrogens is 2. The van der Waals surface area contributed by atoms with Gasteiger partial charge in [-0.3, -0.25) is 9.48 Å². The Balaban J connectivity index is 1.85. The lowest BCUT2D eigenvalue weighted by Crippen LogP contribution is -2.26. The van der Waals surface area contributed by atoms with E-state index in [2.05, 4.69) is 5.32 Å². The van der Waals surface area contributed by atoms with Crippen LogP contribution in [0.5, 0.6) is 0 Å². The minimum Gasteiger partial charge on any atom is -0.382 e. The SMILES string of the molecule is CCOCCCNC(=O)/C(C#N)=C/c1cn(Cc2ccccc2)nc1-c1ccccc1. The molecule has 0 saturated heterocycles. The molecule has 2 aromatic carbocycles. The first-order valence-corrected chi connectivity index (χ1v) is 10.4. The molecule has 1 N–H and O–H groups in total. The number of hydrogen-bond donors (Lipinski definition) is 1. The lowest BCUT2D eigenvalue weighted by molar-refractivity contribution is -0.117. The van der Waals surface area contributed by atoms with E-state index in [1.165, 1.54) is 0 Å². The normalized spacial score (nSPS) is 11.2. The molecule has 1 amide bonds. The third kappa shape index (κ3) is 6.39. The molecule has 6 heteroatoms. The Hall–Kier alpha value is -3.69. The molecule has 0 spiro atoms. The van der Waals surface area contributed by atoms with Crippen molar-refractivity contribution in [2.75, 3.05) is 19.8 Å². The fraction of sp³-hybridized carbons (Fsp3) is 0.240. The fourth-order valence-electron chi connectivity index (χ4n) is 3.13. The van der Waals surface area contributed by atoms with Gasteiger partial charge in [0.1, 0.15) is 11.6 Å². The zero-order valence-corrected chi connectivity index (χ0v) is 17.6. The van der Waals surface area contributed by atoms with E-state index in [9.17, 15) is 10.1 Å². The number of rotatable bonds is 10. The quantitative estimate of drug-likeness (QED) is 0.308. The molecule has 31 heavy (non-hydrogen) atoms. The maximum absolute atomic E-state index is 12.5. The van der Waals surface area contributed by atoms with E-state index in [1.807, 2.05) is 84.5 Å². The van der Waals surface area contributed by atoms with Crippen molar-refractivity contribution in [3.8, 4) is 17.3 Å². The summed E-state index contributed by atoms with van der Waals surface area (Å²) in [6.45, 7) is 4.20. The average molecular weight is 415 g/mol. The van der Waals surface area contributed by atoms with Crippen LogP contribution in [0, 0.1) is 11.3 Å². The van der Waals surface area contributed by atoms with Crippen LogP contribution in [0.25, 0.3) is 17.3 Å². The molecule has 1 heterocycles. The zero-order chi connectivity index (χ0) is 21.9. The van der Waals surface area contributed by atoms with Crippen molar-refractivity contribution in [1.82, 2.24) is 15.1 Å². The van der Waals surface area contributed by atoms with E-state index in [1.54, 1.807) is 6.08 Å². The van der Waals surface area contributed by atoms with Crippen molar-refractivity contribution in [2.45, 2.75) is 19.9 Å². The first kappa shape index (κ1) is 22.0. The molecule has 0 bridgehead atoms. The third-order valence-corrected chi connectivity index (χ3v) is 4.64. The van der Waals surface area contributed by atoms with Crippen molar-refractivity contribution in [2.24, 2.45) is 0 Å². The monoisotopic (exact) mass is 414 g/mol. The second kappa shape index (κ2) is 11.5. The van der Waals surface area contributed by atoms with Gasteiger partial charge in [0.15, 0.2) is 0 Å². The second-order valence-corrected chi connectivity index (χ2v) is 6.96. The lowest BCUT2D eigenvalue weighted by atomic mass is 10.1. The number of carbonyl (C=O) groups is 1. The van der Waals surface area contributed by atoms with Crippen molar-refractivity contribution in [3.63, 3.8) is 0 Å². The van der Waals surface area contributed by atoms with Crippen LogP contribution in [-0.4, -0.2) is 35.4 Å². The third-order valence-electron chi connectivity index (χ3n) is 4.64. The van der Waals surface area contributed by atoms with E-state index < -0.39 is 5.91 Å². The molecule has 0 fully saturated rings. The van der Waals surface area contributed by atoms with Gasteiger partial charge in [-0.2, -0.15) is 10.4 Å². The second-order valence-electron chi connectivity index (χ2n) is 6.96. The molecular weight excluding hydrogens is 388 g/mol. The fourth-order valence-corrected chi connectivity index (χ4v) is 3.13. The predicted molar refractivity (Wildman–Crippen MR) is 121 cm³/mol. The molecule has 3 aromatic rings. The minimum atomic E-state index is -0.395. The van der Waals surface area contributed by atoms with Crippen molar-refractivity contribution in [1.29, 1.82) is 5.26 Å². The van der Waals surface area contributed by atoms with Gasteiger partial charge in [-0.15, -0.1) is 0 Å². The summed E-state index contributed by atoms with van der Waals surface area (Å²) in [5.74, 6) is -0.395. The molecule has 0 radical (unpaired) electrons. The summed E-state index contributed by atoms with van der Waals surface area (Å²) in [4.78, 5) is 12.5. The maximum atomic E-state index is 12.5. The van der Waals surface area contributed by atoms with Crippen molar-refractivity contribution < 1.29 is 9.53 Å². The maximum Gasteiger partial charge on any atom is 0.261 e. The Morgan fingerprint density at radius 3 is 2.55 bits per heavy atom. The summed E-state index contributed by atoms with van der Waals surface area (Å²) in [5.41, 5.74) is 3.55. The van der Waals surface area contributed by atoms with Crippen LogP contribution in [0.2, 0.25) is 0 Å². The summed E-state index contributed by atoms with van der Waals surface area (Å²) in [6, 6.07) is 21.8. The minimum absolute atomic E-state index is 0.0489. The van der Waals surface area contributed by atoms with Crippen LogP contribution in [0.15, 0.2) is 72.4 Å². The van der Waals surface area contributed by atoms with E-state index >= 15 is 0 Å². The van der Waals surface area contributed by atoms with E-state index in [4.69, 9.17) is 9.84 Å². The first-order valence-electron chi connectivity index (χ1n) is 10.4.